The van der Waals surface area contributed by atoms with Gasteiger partial charge in [0.2, 0.25) is 0 Å². The first-order chi connectivity index (χ1) is 13.0. The minimum atomic E-state index is -1.33. The maximum atomic E-state index is 12.1. The van der Waals surface area contributed by atoms with Crippen molar-refractivity contribution < 1.29 is 19.4 Å². The van der Waals surface area contributed by atoms with E-state index < -0.39 is 12.0 Å². The average Bonchev–Trinajstić information content (AvgIpc) is 2.68. The third-order valence-corrected chi connectivity index (χ3v) is 4.50. The smallest absolute Gasteiger partial charge is 0.253 e. The molecule has 0 fully saturated rings. The molecular formula is C20H19Cl2NO4. The molecule has 0 aliphatic heterocycles. The lowest BCUT2D eigenvalue weighted by Gasteiger charge is -2.13. The normalized spacial score (nSPS) is 11.4. The van der Waals surface area contributed by atoms with E-state index in [0.717, 1.165) is 5.56 Å². The molecule has 1 amide bonds. The van der Waals surface area contributed by atoms with E-state index in [0.29, 0.717) is 35.1 Å². The summed E-state index contributed by atoms with van der Waals surface area (Å²) < 4.78 is 10.7. The maximum absolute atomic E-state index is 12.1. The Morgan fingerprint density at radius 3 is 2.67 bits per heavy atom. The number of nitrogens with one attached hydrogen (secondary N) is 1. The Labute approximate surface area is 168 Å². The quantitative estimate of drug-likeness (QED) is 0.657. The van der Waals surface area contributed by atoms with E-state index in [9.17, 15) is 9.90 Å². The van der Waals surface area contributed by atoms with E-state index in [1.54, 1.807) is 12.1 Å². The number of terminal acetylenes is 1. The standard InChI is InChI=1S/C20H19Cl2NO4/c1-3-10-27-17-7-4-13(11-18(17)26-2)8-9-23-20(25)19(24)14-5-6-15(21)16(22)12-14/h1,4-7,11-12,19,24H,8-10H2,2H3,(H,23,25). The number of benzene rings is 2. The third kappa shape index (κ3) is 5.80. The number of hydrogen-bond donors (Lipinski definition) is 2. The molecule has 142 valence electrons. The third-order valence-electron chi connectivity index (χ3n) is 3.76. The minimum absolute atomic E-state index is 0.151. The lowest BCUT2D eigenvalue weighted by molar-refractivity contribution is -0.129. The molecular weight excluding hydrogens is 389 g/mol. The molecule has 0 radical (unpaired) electrons. The number of aliphatic hydroxyl groups is 1. The number of rotatable bonds is 8. The number of halogens is 2. The lowest BCUT2D eigenvalue weighted by atomic mass is 10.1. The summed E-state index contributed by atoms with van der Waals surface area (Å²) in [5.74, 6) is 2.99. The highest BCUT2D eigenvalue weighted by Crippen LogP contribution is 2.28. The number of aliphatic hydroxyl groups excluding tert-OH is 1. The largest absolute Gasteiger partial charge is 0.493 e. The molecule has 1 atom stereocenters. The van der Waals surface area contributed by atoms with Crippen LogP contribution in [0.3, 0.4) is 0 Å². The maximum Gasteiger partial charge on any atom is 0.253 e. The van der Waals surface area contributed by atoms with Crippen molar-refractivity contribution in [3.63, 3.8) is 0 Å². The first-order valence-corrected chi connectivity index (χ1v) is 8.85. The van der Waals surface area contributed by atoms with Crippen molar-refractivity contribution in [2.24, 2.45) is 0 Å². The van der Waals surface area contributed by atoms with E-state index in [1.807, 2.05) is 12.1 Å². The Hall–Kier alpha value is -2.39. The Bertz CT molecular complexity index is 848. The van der Waals surface area contributed by atoms with Crippen LogP contribution >= 0.6 is 23.2 Å². The number of methoxy groups -OCH3 is 1. The highest BCUT2D eigenvalue weighted by atomic mass is 35.5. The molecule has 0 spiro atoms. The summed E-state index contributed by atoms with van der Waals surface area (Å²) in [5, 5.41) is 13.5. The van der Waals surface area contributed by atoms with Crippen molar-refractivity contribution >= 4 is 29.1 Å². The van der Waals surface area contributed by atoms with Gasteiger partial charge in [0, 0.05) is 6.54 Å². The monoisotopic (exact) mass is 407 g/mol. The molecule has 27 heavy (non-hydrogen) atoms. The van der Waals surface area contributed by atoms with Crippen LogP contribution in [-0.2, 0) is 11.2 Å². The second-order valence-corrected chi connectivity index (χ2v) is 6.41. The summed E-state index contributed by atoms with van der Waals surface area (Å²) >= 11 is 11.7. The first kappa shape index (κ1) is 20.9. The van der Waals surface area contributed by atoms with Crippen molar-refractivity contribution in [2.75, 3.05) is 20.3 Å². The van der Waals surface area contributed by atoms with Crippen LogP contribution in [0.25, 0.3) is 0 Å². The van der Waals surface area contributed by atoms with Crippen molar-refractivity contribution in [3.05, 3.63) is 57.6 Å². The molecule has 1 unspecified atom stereocenters. The minimum Gasteiger partial charge on any atom is -0.493 e. The summed E-state index contributed by atoms with van der Waals surface area (Å²) in [6, 6.07) is 9.99. The molecule has 0 saturated heterocycles. The zero-order valence-corrected chi connectivity index (χ0v) is 16.2. The number of ether oxygens (including phenoxy) is 2. The molecule has 0 bridgehead atoms. The molecule has 2 rings (SSSR count). The fourth-order valence-electron chi connectivity index (χ4n) is 2.37. The summed E-state index contributed by atoms with van der Waals surface area (Å²) in [7, 11) is 1.54. The van der Waals surface area contributed by atoms with Gasteiger partial charge in [0.15, 0.2) is 17.6 Å². The van der Waals surface area contributed by atoms with Gasteiger partial charge in [-0.3, -0.25) is 4.79 Å². The van der Waals surface area contributed by atoms with Crippen LogP contribution in [0.2, 0.25) is 10.0 Å². The fourth-order valence-corrected chi connectivity index (χ4v) is 2.67. The van der Waals surface area contributed by atoms with Gasteiger partial charge in [0.1, 0.15) is 6.61 Å². The Kier molecular flexibility index (Phi) is 7.81. The number of carbonyl (C=O) groups is 1. The molecule has 0 aliphatic rings. The van der Waals surface area contributed by atoms with Gasteiger partial charge in [-0.2, -0.15) is 0 Å². The average molecular weight is 408 g/mol. The second-order valence-electron chi connectivity index (χ2n) is 5.60. The summed E-state index contributed by atoms with van der Waals surface area (Å²) in [4.78, 5) is 12.1. The van der Waals surface area contributed by atoms with Gasteiger partial charge in [0.05, 0.1) is 17.2 Å². The van der Waals surface area contributed by atoms with Crippen LogP contribution < -0.4 is 14.8 Å². The number of hydrogen-bond acceptors (Lipinski definition) is 4. The Morgan fingerprint density at radius 1 is 1.22 bits per heavy atom. The first-order valence-electron chi connectivity index (χ1n) is 8.10. The Morgan fingerprint density at radius 2 is 2.00 bits per heavy atom. The molecule has 5 nitrogen and oxygen atoms in total. The van der Waals surface area contributed by atoms with Crippen LogP contribution in [0.15, 0.2) is 36.4 Å². The van der Waals surface area contributed by atoms with E-state index >= 15 is 0 Å². The lowest BCUT2D eigenvalue weighted by Crippen LogP contribution is -2.31. The predicted molar refractivity (Wildman–Crippen MR) is 105 cm³/mol. The van der Waals surface area contributed by atoms with Crippen LogP contribution in [0.1, 0.15) is 17.2 Å². The van der Waals surface area contributed by atoms with Crippen LogP contribution in [0, 0.1) is 12.3 Å². The van der Waals surface area contributed by atoms with E-state index in [1.165, 1.54) is 19.2 Å². The molecule has 0 aliphatic carbocycles. The van der Waals surface area contributed by atoms with Gasteiger partial charge in [-0.15, -0.1) is 6.42 Å². The zero-order valence-electron chi connectivity index (χ0n) is 14.7. The van der Waals surface area contributed by atoms with Crippen LogP contribution in [0.5, 0.6) is 11.5 Å². The van der Waals surface area contributed by atoms with Crippen LogP contribution in [0.4, 0.5) is 0 Å². The molecule has 2 N–H and O–H groups in total. The second kappa shape index (κ2) is 10.1. The summed E-state index contributed by atoms with van der Waals surface area (Å²) in [6.07, 6.45) is 4.41. The Balaban J connectivity index is 1.92. The van der Waals surface area contributed by atoms with Gasteiger partial charge in [-0.05, 0) is 41.8 Å². The molecule has 7 heteroatoms. The van der Waals surface area contributed by atoms with Crippen molar-refractivity contribution in [1.82, 2.24) is 5.32 Å². The van der Waals surface area contributed by atoms with Gasteiger partial charge in [-0.25, -0.2) is 0 Å². The fraction of sp³-hybridized carbons (Fsp3) is 0.250. The molecule has 2 aromatic rings. The molecule has 2 aromatic carbocycles. The summed E-state index contributed by atoms with van der Waals surface area (Å²) in [6.45, 7) is 0.489. The van der Waals surface area contributed by atoms with Gasteiger partial charge < -0.3 is 19.9 Å². The topological polar surface area (TPSA) is 67.8 Å². The van der Waals surface area contributed by atoms with Gasteiger partial charge >= 0.3 is 0 Å². The van der Waals surface area contributed by atoms with Crippen molar-refractivity contribution in [3.8, 4) is 23.8 Å². The van der Waals surface area contributed by atoms with Gasteiger partial charge in [-0.1, -0.05) is 41.3 Å². The highest BCUT2D eigenvalue weighted by Gasteiger charge is 2.18. The molecule has 0 saturated carbocycles. The zero-order chi connectivity index (χ0) is 19.8. The highest BCUT2D eigenvalue weighted by molar-refractivity contribution is 6.42. The van der Waals surface area contributed by atoms with Crippen molar-refractivity contribution in [2.45, 2.75) is 12.5 Å². The van der Waals surface area contributed by atoms with Gasteiger partial charge in [0.25, 0.3) is 5.91 Å². The van der Waals surface area contributed by atoms with E-state index in [4.69, 9.17) is 39.1 Å². The predicted octanol–water partition coefficient (Wildman–Crippen LogP) is 3.41. The number of carbonyl (C=O) groups excluding carboxylic acids is 1. The molecule has 0 aromatic heterocycles. The van der Waals surface area contributed by atoms with E-state index in [2.05, 4.69) is 11.2 Å². The SMILES string of the molecule is C#CCOc1ccc(CCNC(=O)C(O)c2ccc(Cl)c(Cl)c2)cc1OC. The van der Waals surface area contributed by atoms with Crippen LogP contribution in [-0.4, -0.2) is 31.3 Å². The number of amides is 1. The van der Waals surface area contributed by atoms with Crippen molar-refractivity contribution in [1.29, 1.82) is 0 Å². The molecule has 0 heterocycles. The van der Waals surface area contributed by atoms with E-state index in [-0.39, 0.29) is 11.6 Å². The summed E-state index contributed by atoms with van der Waals surface area (Å²) in [5.41, 5.74) is 1.31.